The third-order valence-corrected chi connectivity index (χ3v) is 7.98. The van der Waals surface area contributed by atoms with E-state index in [0.29, 0.717) is 19.1 Å². The summed E-state index contributed by atoms with van der Waals surface area (Å²) in [4.78, 5) is 4.31. The number of rotatable bonds is 5. The van der Waals surface area contributed by atoms with Crippen LogP contribution in [-0.4, -0.2) is 42.8 Å². The Bertz CT molecular complexity index is 1380. The van der Waals surface area contributed by atoms with E-state index in [1.165, 1.54) is 16.0 Å². The van der Waals surface area contributed by atoms with Crippen molar-refractivity contribution < 1.29 is 13.4 Å². The van der Waals surface area contributed by atoms with E-state index in [-0.39, 0.29) is 24.0 Å². The second-order valence-corrected chi connectivity index (χ2v) is 10.6. The Labute approximate surface area is 214 Å². The summed E-state index contributed by atoms with van der Waals surface area (Å²) in [5, 5.41) is 9.01. The Morgan fingerprint density at radius 3 is 2.47 bits per heavy atom. The van der Waals surface area contributed by atoms with Crippen molar-refractivity contribution in [1.82, 2.24) is 23.8 Å². The number of pyridine rings is 1. The second-order valence-electron chi connectivity index (χ2n) is 10.2. The van der Waals surface area contributed by atoms with E-state index in [4.69, 9.17) is 14.6 Å². The molecule has 1 aliphatic heterocycles. The highest BCUT2D eigenvalue weighted by atomic mass is 32.2. The molecule has 1 spiro atoms. The summed E-state index contributed by atoms with van der Waals surface area (Å²) >= 11 is 0.122. The van der Waals surface area contributed by atoms with Crippen molar-refractivity contribution in [2.24, 2.45) is 0 Å². The summed E-state index contributed by atoms with van der Waals surface area (Å²) in [5.74, 6) is 0.293. The van der Waals surface area contributed by atoms with Crippen LogP contribution in [0.3, 0.4) is 0 Å². The highest BCUT2D eigenvalue weighted by molar-refractivity contribution is 7.92. The van der Waals surface area contributed by atoms with E-state index in [9.17, 15) is 3.89 Å². The van der Waals surface area contributed by atoms with Crippen LogP contribution >= 0.6 is 12.3 Å². The van der Waals surface area contributed by atoms with Gasteiger partial charge in [-0.15, -0.1) is 3.89 Å². The van der Waals surface area contributed by atoms with Gasteiger partial charge in [-0.3, -0.25) is 0 Å². The number of fused-ring (bicyclic) bond motifs is 1. The summed E-state index contributed by atoms with van der Waals surface area (Å²) in [6.07, 6.45) is 7.41. The van der Waals surface area contributed by atoms with Gasteiger partial charge in [-0.25, -0.2) is 9.50 Å². The lowest BCUT2D eigenvalue weighted by atomic mass is 9.80. The number of halogens is 1. The molecule has 2 aliphatic rings. The third-order valence-electron chi connectivity index (χ3n) is 7.58. The number of nitrogens with zero attached hydrogens (tertiary/aromatic N) is 5. The monoisotopic (exact) mass is 507 g/mol. The number of aryl methyl sites for hydroxylation is 1. The molecule has 9 heteroatoms. The van der Waals surface area contributed by atoms with Crippen LogP contribution in [0.4, 0.5) is 3.89 Å². The molecule has 6 rings (SSSR count). The zero-order valence-corrected chi connectivity index (χ0v) is 21.6. The van der Waals surface area contributed by atoms with Crippen LogP contribution < -0.4 is 0 Å². The molecule has 1 saturated heterocycles. The van der Waals surface area contributed by atoms with E-state index in [1.807, 2.05) is 19.2 Å². The number of aromatic nitrogens is 5. The Morgan fingerprint density at radius 1 is 1.08 bits per heavy atom. The van der Waals surface area contributed by atoms with Crippen molar-refractivity contribution in [2.75, 3.05) is 13.2 Å². The smallest absolute Gasteiger partial charge is 0.188 e. The molecule has 1 saturated carbocycles. The van der Waals surface area contributed by atoms with Gasteiger partial charge >= 0.3 is 0 Å². The Kier molecular flexibility index (Phi) is 6.09. The largest absolute Gasteiger partial charge is 0.348 e. The van der Waals surface area contributed by atoms with Crippen LogP contribution in [0.15, 0.2) is 42.9 Å². The molecule has 1 aromatic carbocycles. The van der Waals surface area contributed by atoms with E-state index in [0.717, 1.165) is 65.0 Å². The molecule has 0 N–H and O–H groups in total. The van der Waals surface area contributed by atoms with Gasteiger partial charge in [0.2, 0.25) is 0 Å². The maximum absolute atomic E-state index is 14.2. The number of hydrogen-bond donors (Lipinski definition) is 0. The molecule has 2 fully saturated rings. The lowest BCUT2D eigenvalue weighted by molar-refractivity contribution is -0.178. The molecule has 0 unspecified atom stereocenters. The quantitative estimate of drug-likeness (QED) is 0.308. The fourth-order valence-electron chi connectivity index (χ4n) is 5.80. The topological polar surface area (TPSA) is 66.5 Å². The van der Waals surface area contributed by atoms with Gasteiger partial charge in [0.15, 0.2) is 23.8 Å². The average molecular weight is 508 g/mol. The maximum Gasteiger partial charge on any atom is 0.188 e. The molecule has 0 bridgehead atoms. The average Bonchev–Trinajstić information content (AvgIpc) is 3.63. The van der Waals surface area contributed by atoms with Gasteiger partial charge in [0, 0.05) is 35.7 Å². The molecule has 3 aromatic heterocycles. The highest BCUT2D eigenvalue weighted by Gasteiger charge is 2.40. The zero-order chi connectivity index (χ0) is 24.9. The predicted octanol–water partition coefficient (Wildman–Crippen LogP) is 6.47. The number of benzene rings is 1. The van der Waals surface area contributed by atoms with E-state index < -0.39 is 0 Å². The van der Waals surface area contributed by atoms with Gasteiger partial charge in [-0.05, 0) is 48.8 Å². The van der Waals surface area contributed by atoms with Crippen molar-refractivity contribution in [3.8, 4) is 22.5 Å². The lowest BCUT2D eigenvalue weighted by Gasteiger charge is -2.35. The summed E-state index contributed by atoms with van der Waals surface area (Å²) < 4.78 is 29.1. The molecule has 0 atom stereocenters. The molecule has 36 heavy (non-hydrogen) atoms. The fourth-order valence-corrected chi connectivity index (χ4v) is 6.18. The van der Waals surface area contributed by atoms with Crippen LogP contribution in [0.5, 0.6) is 0 Å². The minimum absolute atomic E-state index is 0.122. The summed E-state index contributed by atoms with van der Waals surface area (Å²) in [5.41, 5.74) is 7.53. The molecule has 4 aromatic rings. The van der Waals surface area contributed by atoms with Crippen molar-refractivity contribution in [3.05, 3.63) is 59.5 Å². The van der Waals surface area contributed by atoms with Gasteiger partial charge in [-0.1, -0.05) is 38.1 Å². The van der Waals surface area contributed by atoms with E-state index >= 15 is 0 Å². The van der Waals surface area contributed by atoms with Crippen LogP contribution in [0.1, 0.15) is 68.1 Å². The third kappa shape index (κ3) is 4.03. The van der Waals surface area contributed by atoms with Crippen molar-refractivity contribution in [2.45, 2.75) is 64.1 Å². The normalized spacial score (nSPS) is 18.1. The molecule has 4 heterocycles. The number of hydrogen-bond acceptors (Lipinski definition) is 6. The van der Waals surface area contributed by atoms with Crippen molar-refractivity contribution in [3.63, 3.8) is 0 Å². The molecular formula is C27H30FN5O2S. The van der Waals surface area contributed by atoms with Crippen molar-refractivity contribution >= 4 is 18.0 Å². The van der Waals surface area contributed by atoms with Gasteiger partial charge in [0.25, 0.3) is 0 Å². The first-order chi connectivity index (χ1) is 17.5. The summed E-state index contributed by atoms with van der Waals surface area (Å²) in [6.45, 7) is 7.64. The molecule has 0 amide bonds. The first-order valence-electron chi connectivity index (χ1n) is 12.6. The standard InChI is InChI=1S/C27H30FN5O2S/c1-17(2)23-24(31-33(36-28)25(23)22-14-18(3)26-29-16-30-32(26)15-22)21-6-4-19(5-7-21)20-8-10-27(11-9-20)34-12-13-35-27/h4-7,14-17,20H,8-13H2,1-3H3. The predicted molar refractivity (Wildman–Crippen MR) is 138 cm³/mol. The second kappa shape index (κ2) is 9.28. The van der Waals surface area contributed by atoms with Gasteiger partial charge in [0.05, 0.1) is 24.6 Å². The highest BCUT2D eigenvalue weighted by Crippen LogP contribution is 2.43. The Hall–Kier alpha value is -2.75. The van der Waals surface area contributed by atoms with Gasteiger partial charge < -0.3 is 9.47 Å². The molecular weight excluding hydrogens is 477 g/mol. The lowest BCUT2D eigenvalue weighted by Crippen LogP contribution is -2.34. The van der Waals surface area contributed by atoms with E-state index in [1.54, 1.807) is 4.52 Å². The van der Waals surface area contributed by atoms with Gasteiger partial charge in [0.1, 0.15) is 6.33 Å². The molecule has 1 aliphatic carbocycles. The Morgan fingerprint density at radius 2 is 1.81 bits per heavy atom. The number of ether oxygens (including phenoxy) is 2. The van der Waals surface area contributed by atoms with Crippen LogP contribution in [0.25, 0.3) is 28.2 Å². The SMILES string of the molecule is Cc1cc(-c2c(C(C)C)c(-c3ccc(C4CCC5(CC4)OCCO5)cc3)nn2SF)cn2ncnc12. The molecule has 7 nitrogen and oxygen atoms in total. The van der Waals surface area contributed by atoms with Crippen LogP contribution in [0, 0.1) is 6.92 Å². The first kappa shape index (κ1) is 23.6. The fraction of sp³-hybridized carbons (Fsp3) is 0.444. The summed E-state index contributed by atoms with van der Waals surface area (Å²) in [6, 6.07) is 10.7. The van der Waals surface area contributed by atoms with E-state index in [2.05, 4.69) is 48.2 Å². The van der Waals surface area contributed by atoms with Crippen LogP contribution in [0.2, 0.25) is 0 Å². The molecule has 0 radical (unpaired) electrons. The minimum Gasteiger partial charge on any atom is -0.348 e. The first-order valence-corrected chi connectivity index (χ1v) is 13.3. The zero-order valence-electron chi connectivity index (χ0n) is 20.8. The summed E-state index contributed by atoms with van der Waals surface area (Å²) in [7, 11) is 0. The Balaban J connectivity index is 1.34. The van der Waals surface area contributed by atoms with Crippen molar-refractivity contribution in [1.29, 1.82) is 0 Å². The molecule has 188 valence electrons. The minimum atomic E-state index is -0.344. The maximum atomic E-state index is 14.2. The van der Waals surface area contributed by atoms with Gasteiger partial charge in [-0.2, -0.15) is 14.3 Å². The van der Waals surface area contributed by atoms with Crippen LogP contribution in [-0.2, 0) is 9.47 Å².